The van der Waals surface area contributed by atoms with Gasteiger partial charge in [0.15, 0.2) is 0 Å². The number of esters is 1. The van der Waals surface area contributed by atoms with E-state index in [2.05, 4.69) is 4.72 Å². The van der Waals surface area contributed by atoms with Gasteiger partial charge in [0.1, 0.15) is 16.5 Å². The second kappa shape index (κ2) is 5.63. The van der Waals surface area contributed by atoms with Gasteiger partial charge >= 0.3 is 5.97 Å². The Labute approximate surface area is 122 Å². The molecule has 0 saturated carbocycles. The largest absolute Gasteiger partial charge is 0.598 e. The zero-order valence-electron chi connectivity index (χ0n) is 12.0. The van der Waals surface area contributed by atoms with Crippen LogP contribution in [0.5, 0.6) is 5.75 Å². The first-order valence-electron chi connectivity index (χ1n) is 6.36. The van der Waals surface area contributed by atoms with Gasteiger partial charge in [0, 0.05) is 16.9 Å². The summed E-state index contributed by atoms with van der Waals surface area (Å²) < 4.78 is 25.2. The lowest BCUT2D eigenvalue weighted by Crippen LogP contribution is -2.46. The maximum Gasteiger partial charge on any atom is 0.349 e. The third-order valence-corrected chi connectivity index (χ3v) is 4.61. The number of ether oxygens (including phenoxy) is 2. The zero-order valence-corrected chi connectivity index (χ0v) is 12.8. The van der Waals surface area contributed by atoms with Gasteiger partial charge in [0.25, 0.3) is 0 Å². The first-order chi connectivity index (χ1) is 9.34. The van der Waals surface area contributed by atoms with Crippen molar-refractivity contribution in [2.24, 2.45) is 0 Å². The molecule has 0 spiro atoms. The fraction of sp³-hybridized carbons (Fsp3) is 0.500. The molecule has 1 aromatic carbocycles. The van der Waals surface area contributed by atoms with E-state index >= 15 is 0 Å². The van der Waals surface area contributed by atoms with Gasteiger partial charge in [-0.05, 0) is 26.8 Å². The third-order valence-electron chi connectivity index (χ3n) is 3.03. The van der Waals surface area contributed by atoms with E-state index in [1.807, 2.05) is 39.0 Å². The van der Waals surface area contributed by atoms with Crippen LogP contribution in [0.1, 0.15) is 32.4 Å². The fourth-order valence-corrected chi connectivity index (χ4v) is 2.77. The number of fused-ring (bicyclic) bond motifs is 1. The molecular formula is C14H19NO4S. The molecule has 2 rings (SSSR count). The van der Waals surface area contributed by atoms with Crippen LogP contribution in [-0.4, -0.2) is 28.5 Å². The molecule has 0 radical (unpaired) electrons. The molecule has 110 valence electrons. The van der Waals surface area contributed by atoms with Crippen LogP contribution in [0.2, 0.25) is 0 Å². The minimum absolute atomic E-state index is 0.432. The molecule has 5 nitrogen and oxygen atoms in total. The van der Waals surface area contributed by atoms with E-state index < -0.39 is 34.2 Å². The standard InChI is InChI=1S/C14H19NO4S/c1-14(2,3)20(17)15-11-9-7-5-6-8-10(9)19-12(11)13(16)18-4/h5-8,11-12,15H,1-4H3/t11-,12-,20+/m1/s1. The summed E-state index contributed by atoms with van der Waals surface area (Å²) in [6.45, 7) is 5.60. The predicted molar refractivity (Wildman–Crippen MR) is 76.6 cm³/mol. The number of carbonyl (C=O) groups excluding carboxylic acids is 1. The molecule has 1 N–H and O–H groups in total. The van der Waals surface area contributed by atoms with E-state index in [-0.39, 0.29) is 0 Å². The lowest BCUT2D eigenvalue weighted by molar-refractivity contribution is -0.149. The number of carbonyl (C=O) groups is 1. The Morgan fingerprint density at radius 3 is 2.65 bits per heavy atom. The van der Waals surface area contributed by atoms with Gasteiger partial charge in [-0.2, -0.15) is 0 Å². The highest BCUT2D eigenvalue weighted by atomic mass is 32.2. The lowest BCUT2D eigenvalue weighted by atomic mass is 10.1. The Bertz CT molecular complexity index is 500. The Hall–Kier alpha value is -1.24. The van der Waals surface area contributed by atoms with E-state index in [1.165, 1.54) is 7.11 Å². The van der Waals surface area contributed by atoms with Crippen LogP contribution in [0, 0.1) is 0 Å². The van der Waals surface area contributed by atoms with Crippen LogP contribution in [0.3, 0.4) is 0 Å². The van der Waals surface area contributed by atoms with E-state index in [4.69, 9.17) is 9.47 Å². The van der Waals surface area contributed by atoms with Gasteiger partial charge in [0.2, 0.25) is 6.10 Å². The molecule has 0 saturated heterocycles. The van der Waals surface area contributed by atoms with Gasteiger partial charge in [0.05, 0.1) is 7.11 Å². The number of methoxy groups -OCH3 is 1. The zero-order chi connectivity index (χ0) is 14.9. The monoisotopic (exact) mass is 297 g/mol. The Morgan fingerprint density at radius 1 is 1.40 bits per heavy atom. The van der Waals surface area contributed by atoms with Crippen molar-refractivity contribution in [2.75, 3.05) is 7.11 Å². The van der Waals surface area contributed by atoms with Gasteiger partial charge in [-0.25, -0.2) is 4.79 Å². The molecule has 0 unspecified atom stereocenters. The maximum absolute atomic E-state index is 12.3. The number of para-hydroxylation sites is 1. The molecular weight excluding hydrogens is 278 g/mol. The number of benzene rings is 1. The first kappa shape index (κ1) is 15.2. The summed E-state index contributed by atoms with van der Waals surface area (Å²) in [6.07, 6.45) is -0.816. The highest BCUT2D eigenvalue weighted by Gasteiger charge is 2.44. The molecule has 20 heavy (non-hydrogen) atoms. The fourth-order valence-electron chi connectivity index (χ4n) is 1.93. The third kappa shape index (κ3) is 2.92. The van der Waals surface area contributed by atoms with Crippen molar-refractivity contribution in [1.82, 2.24) is 4.72 Å². The maximum atomic E-state index is 12.3. The van der Waals surface area contributed by atoms with Crippen LogP contribution < -0.4 is 9.46 Å². The summed E-state index contributed by atoms with van der Waals surface area (Å²) in [7, 11) is 1.31. The van der Waals surface area contributed by atoms with Crippen molar-refractivity contribution in [3.8, 4) is 5.75 Å². The Balaban J connectivity index is 2.27. The van der Waals surface area contributed by atoms with Crippen LogP contribution in [0.4, 0.5) is 0 Å². The van der Waals surface area contributed by atoms with Crippen LogP contribution in [0.15, 0.2) is 24.3 Å². The van der Waals surface area contributed by atoms with Gasteiger partial charge in [-0.15, -0.1) is 4.72 Å². The molecule has 0 bridgehead atoms. The van der Waals surface area contributed by atoms with Crippen molar-refractivity contribution >= 4 is 17.3 Å². The van der Waals surface area contributed by atoms with E-state index in [0.717, 1.165) is 5.56 Å². The molecule has 1 aliphatic heterocycles. The predicted octanol–water partition coefficient (Wildman–Crippen LogP) is 1.71. The highest BCUT2D eigenvalue weighted by molar-refractivity contribution is 7.90. The van der Waals surface area contributed by atoms with Crippen molar-refractivity contribution in [2.45, 2.75) is 37.7 Å². The average molecular weight is 297 g/mol. The molecule has 0 fully saturated rings. The topological polar surface area (TPSA) is 70.6 Å². The second-order valence-corrected chi connectivity index (χ2v) is 7.57. The summed E-state index contributed by atoms with van der Waals surface area (Å²) in [5, 5.41) is 0. The summed E-state index contributed by atoms with van der Waals surface area (Å²) in [4.78, 5) is 11.8. The van der Waals surface area contributed by atoms with E-state index in [1.54, 1.807) is 6.07 Å². The quantitative estimate of drug-likeness (QED) is 0.679. The average Bonchev–Trinajstić information content (AvgIpc) is 2.76. The van der Waals surface area contributed by atoms with E-state index in [9.17, 15) is 9.35 Å². The second-order valence-electron chi connectivity index (χ2n) is 5.58. The molecule has 1 aromatic rings. The molecule has 6 heteroatoms. The SMILES string of the molecule is COC(=O)[C@@H]1Oc2ccccc2[C@H]1N[S@@+]([O-])C(C)(C)C. The normalized spacial score (nSPS) is 22.9. The summed E-state index contributed by atoms with van der Waals surface area (Å²) in [5.41, 5.74) is 0.820. The molecule has 0 aromatic heterocycles. The number of nitrogens with one attached hydrogen (secondary N) is 1. The van der Waals surface area contributed by atoms with Gasteiger partial charge in [-0.3, -0.25) is 0 Å². The van der Waals surface area contributed by atoms with Crippen LogP contribution >= 0.6 is 0 Å². The smallest absolute Gasteiger partial charge is 0.349 e. The van der Waals surface area contributed by atoms with Crippen LogP contribution in [0.25, 0.3) is 0 Å². The van der Waals surface area contributed by atoms with Crippen molar-refractivity contribution in [1.29, 1.82) is 0 Å². The lowest BCUT2D eigenvalue weighted by Gasteiger charge is -2.27. The highest BCUT2D eigenvalue weighted by Crippen LogP contribution is 2.38. The number of hydrogen-bond donors (Lipinski definition) is 1. The van der Waals surface area contributed by atoms with Crippen molar-refractivity contribution < 1.29 is 18.8 Å². The van der Waals surface area contributed by atoms with E-state index in [0.29, 0.717) is 5.75 Å². The summed E-state index contributed by atoms with van der Waals surface area (Å²) in [5.74, 6) is 0.135. The van der Waals surface area contributed by atoms with Gasteiger partial charge < -0.3 is 14.0 Å². The number of hydrogen-bond acceptors (Lipinski definition) is 5. The minimum atomic E-state index is -1.31. The Kier molecular flexibility index (Phi) is 4.27. The summed E-state index contributed by atoms with van der Waals surface area (Å²) >= 11 is -1.31. The summed E-state index contributed by atoms with van der Waals surface area (Å²) in [6, 6.07) is 6.86. The first-order valence-corrected chi connectivity index (χ1v) is 7.51. The van der Waals surface area contributed by atoms with Crippen LogP contribution in [-0.2, 0) is 20.9 Å². The molecule has 0 amide bonds. The van der Waals surface area contributed by atoms with Crippen molar-refractivity contribution in [3.05, 3.63) is 29.8 Å². The molecule has 1 aliphatic rings. The van der Waals surface area contributed by atoms with Crippen molar-refractivity contribution in [3.63, 3.8) is 0 Å². The minimum Gasteiger partial charge on any atom is -0.598 e. The van der Waals surface area contributed by atoms with Gasteiger partial charge in [-0.1, -0.05) is 18.2 Å². The Morgan fingerprint density at radius 2 is 2.05 bits per heavy atom. The molecule has 3 atom stereocenters. The number of rotatable bonds is 3. The molecule has 0 aliphatic carbocycles. The molecule has 1 heterocycles.